The molecule has 1 amide bonds. The smallest absolute Gasteiger partial charge is 0.228 e. The number of amides is 1. The summed E-state index contributed by atoms with van der Waals surface area (Å²) in [5, 5.41) is 6.23. The summed E-state index contributed by atoms with van der Waals surface area (Å²) in [6.07, 6.45) is 9.26. The van der Waals surface area contributed by atoms with E-state index in [1.807, 2.05) is 6.92 Å². The van der Waals surface area contributed by atoms with Gasteiger partial charge >= 0.3 is 0 Å². The van der Waals surface area contributed by atoms with Crippen molar-refractivity contribution in [3.8, 4) is 12.3 Å². The van der Waals surface area contributed by atoms with Crippen LogP contribution in [0.25, 0.3) is 10.8 Å². The third-order valence-corrected chi connectivity index (χ3v) is 3.74. The Labute approximate surface area is 127 Å². The summed E-state index contributed by atoms with van der Waals surface area (Å²) < 4.78 is 21.9. The lowest BCUT2D eigenvalue weighted by molar-refractivity contribution is -0.117. The molecular weight excluding hydrogens is 264 g/mol. The fourth-order valence-electron chi connectivity index (χ4n) is 2.32. The number of fused-ring (bicyclic) bond motifs is 1. The third-order valence-electron chi connectivity index (χ3n) is 3.74. The van der Waals surface area contributed by atoms with Crippen molar-refractivity contribution < 1.29 is 8.91 Å². The number of carbonyl (C=O) groups is 1. The molecule has 1 aliphatic rings. The Hall–Kier alpha value is -2.61. The van der Waals surface area contributed by atoms with Gasteiger partial charge in [-0.15, -0.1) is 6.42 Å². The summed E-state index contributed by atoms with van der Waals surface area (Å²) in [6.45, 7) is -0.362. The molecule has 1 aliphatic carbocycles. The zero-order chi connectivity index (χ0) is 17.5. The Morgan fingerprint density at radius 1 is 1.48 bits per heavy atom. The molecule has 0 unspecified atom stereocenters. The third kappa shape index (κ3) is 2.40. The minimum Gasteiger partial charge on any atom is -0.373 e. The van der Waals surface area contributed by atoms with Crippen molar-refractivity contribution in [3.63, 3.8) is 0 Å². The Morgan fingerprint density at radius 3 is 2.95 bits per heavy atom. The van der Waals surface area contributed by atoms with Gasteiger partial charge in [0.2, 0.25) is 5.91 Å². The van der Waals surface area contributed by atoms with E-state index in [2.05, 4.69) is 26.5 Å². The van der Waals surface area contributed by atoms with E-state index in [1.165, 1.54) is 12.4 Å². The Balaban J connectivity index is 1.98. The quantitative estimate of drug-likeness (QED) is 0.848. The molecule has 2 aromatic heterocycles. The lowest BCUT2D eigenvalue weighted by Crippen LogP contribution is -2.15. The van der Waals surface area contributed by atoms with Gasteiger partial charge in [0.05, 0.1) is 5.56 Å². The molecule has 21 heavy (non-hydrogen) atoms. The van der Waals surface area contributed by atoms with E-state index in [0.29, 0.717) is 28.1 Å². The van der Waals surface area contributed by atoms with Crippen molar-refractivity contribution >= 4 is 28.3 Å². The van der Waals surface area contributed by atoms with E-state index >= 15 is 0 Å². The SMILES string of the molecule is [2H]C([2H])([2H])Nc1ncc(C#C)c2cc(NC(=O)[C@H]3C[C@H]3C)ncc12. The van der Waals surface area contributed by atoms with Crippen LogP contribution in [0.4, 0.5) is 11.6 Å². The van der Waals surface area contributed by atoms with Crippen LogP contribution in [-0.2, 0) is 4.79 Å². The molecule has 0 saturated heterocycles. The topological polar surface area (TPSA) is 66.9 Å². The van der Waals surface area contributed by atoms with Crippen molar-refractivity contribution in [3.05, 3.63) is 24.0 Å². The van der Waals surface area contributed by atoms with E-state index in [-0.39, 0.29) is 17.6 Å². The monoisotopic (exact) mass is 283 g/mol. The van der Waals surface area contributed by atoms with Gasteiger partial charge in [0.1, 0.15) is 11.6 Å². The zero-order valence-electron chi connectivity index (χ0n) is 14.5. The number of aromatic nitrogens is 2. The molecule has 0 radical (unpaired) electrons. The van der Waals surface area contributed by atoms with Crippen LogP contribution in [0.3, 0.4) is 0 Å². The molecule has 0 aromatic carbocycles. The minimum atomic E-state index is -2.38. The highest BCUT2D eigenvalue weighted by molar-refractivity contribution is 5.99. The van der Waals surface area contributed by atoms with Crippen molar-refractivity contribution in [1.82, 2.24) is 9.97 Å². The number of hydrogen-bond donors (Lipinski definition) is 2. The van der Waals surface area contributed by atoms with Crippen LogP contribution in [0.5, 0.6) is 0 Å². The van der Waals surface area contributed by atoms with E-state index in [1.54, 1.807) is 6.07 Å². The first kappa shape index (κ1) is 10.2. The molecule has 2 aromatic rings. The van der Waals surface area contributed by atoms with Crippen molar-refractivity contribution in [2.45, 2.75) is 13.3 Å². The molecule has 0 spiro atoms. The molecule has 3 rings (SSSR count). The average molecular weight is 283 g/mol. The predicted octanol–water partition coefficient (Wildman–Crippen LogP) is 2.25. The van der Waals surface area contributed by atoms with Crippen LogP contribution in [0.15, 0.2) is 18.5 Å². The number of pyridine rings is 2. The fourth-order valence-corrected chi connectivity index (χ4v) is 2.32. The maximum atomic E-state index is 12.0. The van der Waals surface area contributed by atoms with Gasteiger partial charge in [0.15, 0.2) is 0 Å². The Morgan fingerprint density at radius 2 is 2.29 bits per heavy atom. The number of nitrogens with zero attached hydrogens (tertiary/aromatic N) is 2. The summed E-state index contributed by atoms with van der Waals surface area (Å²) in [6, 6.07) is 1.64. The van der Waals surface area contributed by atoms with Crippen LogP contribution in [0, 0.1) is 24.2 Å². The second-order valence-electron chi connectivity index (χ2n) is 5.21. The largest absolute Gasteiger partial charge is 0.373 e. The second kappa shape index (κ2) is 5.06. The number of anilines is 2. The summed E-state index contributed by atoms with van der Waals surface area (Å²) in [7, 11) is 0. The van der Waals surface area contributed by atoms with Crippen LogP contribution in [0.2, 0.25) is 0 Å². The lowest BCUT2D eigenvalue weighted by Gasteiger charge is -2.09. The summed E-state index contributed by atoms with van der Waals surface area (Å²) in [4.78, 5) is 20.3. The first-order valence-electron chi connectivity index (χ1n) is 8.13. The predicted molar refractivity (Wildman–Crippen MR) is 82.9 cm³/mol. The van der Waals surface area contributed by atoms with Crippen LogP contribution in [0.1, 0.15) is 23.0 Å². The van der Waals surface area contributed by atoms with E-state index in [9.17, 15) is 4.79 Å². The number of hydrogen-bond acceptors (Lipinski definition) is 4. The van der Waals surface area contributed by atoms with Gasteiger partial charge in [0, 0.05) is 40.2 Å². The van der Waals surface area contributed by atoms with E-state index in [0.717, 1.165) is 6.42 Å². The molecule has 2 atom stereocenters. The maximum Gasteiger partial charge on any atom is 0.228 e. The molecule has 0 bridgehead atoms. The summed E-state index contributed by atoms with van der Waals surface area (Å²) in [5.74, 6) is 3.42. The molecule has 5 heteroatoms. The molecule has 1 saturated carbocycles. The van der Waals surface area contributed by atoms with E-state index in [4.69, 9.17) is 10.5 Å². The normalized spacial score (nSPS) is 22.6. The van der Waals surface area contributed by atoms with Crippen molar-refractivity contribution in [2.75, 3.05) is 17.6 Å². The molecule has 5 nitrogen and oxygen atoms in total. The number of rotatable bonds is 3. The Kier molecular flexibility index (Phi) is 2.45. The van der Waals surface area contributed by atoms with Gasteiger partial charge in [-0.2, -0.15) is 0 Å². The molecule has 1 fully saturated rings. The van der Waals surface area contributed by atoms with Crippen LogP contribution < -0.4 is 10.6 Å². The minimum absolute atomic E-state index is 0.0276. The first-order valence-corrected chi connectivity index (χ1v) is 6.63. The van der Waals surface area contributed by atoms with Gasteiger partial charge in [-0.05, 0) is 18.4 Å². The average Bonchev–Trinajstić information content (AvgIpc) is 3.23. The standard InChI is InChI=1S/C16H16N4O/c1-4-10-7-19-15(17-3)13-8-18-14(6-12(10)13)20-16(21)11-5-9(11)2/h1,6-9,11H,5H2,2-3H3,(H,17,19)(H,18,20,21)/t9-,11+/m1/s1/i3D3. The lowest BCUT2D eigenvalue weighted by atomic mass is 10.1. The highest BCUT2D eigenvalue weighted by Crippen LogP contribution is 2.38. The molecule has 106 valence electrons. The van der Waals surface area contributed by atoms with Crippen LogP contribution in [-0.4, -0.2) is 22.9 Å². The second-order valence-corrected chi connectivity index (χ2v) is 5.21. The van der Waals surface area contributed by atoms with Crippen molar-refractivity contribution in [1.29, 1.82) is 0 Å². The van der Waals surface area contributed by atoms with Gasteiger partial charge in [-0.3, -0.25) is 4.79 Å². The summed E-state index contributed by atoms with van der Waals surface area (Å²) in [5.41, 5.74) is 0.499. The number of terminal acetylenes is 1. The zero-order valence-corrected chi connectivity index (χ0v) is 11.5. The van der Waals surface area contributed by atoms with Crippen LogP contribution >= 0.6 is 0 Å². The Bertz CT molecular complexity index is 857. The first-order chi connectivity index (χ1) is 11.3. The molecule has 0 aliphatic heterocycles. The fraction of sp³-hybridized carbons (Fsp3) is 0.312. The molecular formula is C16H16N4O. The van der Waals surface area contributed by atoms with Gasteiger partial charge in [-0.25, -0.2) is 9.97 Å². The summed E-state index contributed by atoms with van der Waals surface area (Å²) >= 11 is 0. The van der Waals surface area contributed by atoms with Gasteiger partial charge < -0.3 is 10.6 Å². The van der Waals surface area contributed by atoms with E-state index < -0.39 is 6.98 Å². The number of carbonyl (C=O) groups excluding carboxylic acids is 1. The molecule has 2 N–H and O–H groups in total. The maximum absolute atomic E-state index is 12.0. The van der Waals surface area contributed by atoms with Gasteiger partial charge in [0.25, 0.3) is 0 Å². The highest BCUT2D eigenvalue weighted by atomic mass is 16.2. The number of nitrogens with one attached hydrogen (secondary N) is 2. The van der Waals surface area contributed by atoms with Gasteiger partial charge in [-0.1, -0.05) is 12.8 Å². The van der Waals surface area contributed by atoms with Crippen molar-refractivity contribution in [2.24, 2.45) is 11.8 Å². The highest BCUT2D eigenvalue weighted by Gasteiger charge is 2.39. The molecule has 2 heterocycles.